The third kappa shape index (κ3) is 3.26. The Balaban J connectivity index is 1.75. The summed E-state index contributed by atoms with van der Waals surface area (Å²) in [6.45, 7) is 5.13. The Morgan fingerprint density at radius 2 is 1.88 bits per heavy atom. The number of aryl methyl sites for hydroxylation is 1. The van der Waals surface area contributed by atoms with Crippen molar-refractivity contribution in [2.75, 3.05) is 21.0 Å². The van der Waals surface area contributed by atoms with Gasteiger partial charge in [-0.1, -0.05) is 17.7 Å². The van der Waals surface area contributed by atoms with Crippen LogP contribution in [0.25, 0.3) is 0 Å². The average molecular weight is 329 g/mol. The van der Waals surface area contributed by atoms with E-state index in [1.165, 1.54) is 5.56 Å². The van der Waals surface area contributed by atoms with E-state index in [0.717, 1.165) is 22.6 Å². The van der Waals surface area contributed by atoms with Crippen molar-refractivity contribution in [1.29, 1.82) is 0 Å². The van der Waals surface area contributed by atoms with E-state index in [2.05, 4.69) is 31.3 Å². The Morgan fingerprint density at radius 1 is 1.08 bits per heavy atom. The zero-order valence-corrected chi connectivity index (χ0v) is 14.5. The van der Waals surface area contributed by atoms with E-state index in [4.69, 9.17) is 18.9 Å². The van der Waals surface area contributed by atoms with Crippen LogP contribution in [0.15, 0.2) is 30.3 Å². The van der Waals surface area contributed by atoms with Gasteiger partial charge in [0.15, 0.2) is 11.5 Å². The first-order valence-corrected chi connectivity index (χ1v) is 7.96. The molecule has 0 spiro atoms. The van der Waals surface area contributed by atoms with Crippen LogP contribution in [-0.2, 0) is 6.54 Å². The number of rotatable bonds is 6. The predicted octanol–water partition coefficient (Wildman–Crippen LogP) is 3.59. The lowest BCUT2D eigenvalue weighted by molar-refractivity contribution is 0.171. The van der Waals surface area contributed by atoms with Crippen LogP contribution >= 0.6 is 0 Å². The van der Waals surface area contributed by atoms with Gasteiger partial charge >= 0.3 is 0 Å². The van der Waals surface area contributed by atoms with Gasteiger partial charge in [0.1, 0.15) is 5.75 Å². The highest BCUT2D eigenvalue weighted by atomic mass is 16.7. The Hall–Kier alpha value is -2.40. The molecule has 0 aromatic heterocycles. The minimum Gasteiger partial charge on any atom is -0.496 e. The number of fused-ring (bicyclic) bond motifs is 1. The highest BCUT2D eigenvalue weighted by Crippen LogP contribution is 2.41. The van der Waals surface area contributed by atoms with Crippen LogP contribution in [0.1, 0.15) is 29.7 Å². The lowest BCUT2D eigenvalue weighted by Gasteiger charge is -2.18. The molecule has 1 N–H and O–H groups in total. The van der Waals surface area contributed by atoms with Gasteiger partial charge in [0, 0.05) is 18.2 Å². The maximum atomic E-state index is 5.48. The molecule has 0 bridgehead atoms. The molecule has 128 valence electrons. The first-order valence-electron chi connectivity index (χ1n) is 7.96. The first-order chi connectivity index (χ1) is 11.6. The molecule has 0 radical (unpaired) electrons. The molecular weight excluding hydrogens is 306 g/mol. The van der Waals surface area contributed by atoms with Gasteiger partial charge in [0.25, 0.3) is 0 Å². The van der Waals surface area contributed by atoms with Crippen molar-refractivity contribution >= 4 is 0 Å². The van der Waals surface area contributed by atoms with Crippen molar-refractivity contribution in [2.45, 2.75) is 26.4 Å². The molecule has 1 atom stereocenters. The Labute approximate surface area is 142 Å². The minimum absolute atomic E-state index is 0.149. The van der Waals surface area contributed by atoms with Crippen LogP contribution in [0, 0.1) is 6.92 Å². The number of hydrogen-bond acceptors (Lipinski definition) is 5. The summed E-state index contributed by atoms with van der Waals surface area (Å²) < 4.78 is 21.8. The zero-order valence-electron chi connectivity index (χ0n) is 14.5. The lowest BCUT2D eigenvalue weighted by Crippen LogP contribution is -2.19. The smallest absolute Gasteiger partial charge is 0.231 e. The molecule has 0 saturated heterocycles. The highest BCUT2D eigenvalue weighted by Gasteiger charge is 2.20. The molecule has 0 fully saturated rings. The molecule has 1 aliphatic heterocycles. The molecule has 2 aromatic carbocycles. The molecular formula is C19H23NO4. The summed E-state index contributed by atoms with van der Waals surface area (Å²) in [5, 5.41) is 3.53. The maximum Gasteiger partial charge on any atom is 0.231 e. The van der Waals surface area contributed by atoms with Crippen molar-refractivity contribution in [3.8, 4) is 23.0 Å². The number of benzene rings is 2. The van der Waals surface area contributed by atoms with E-state index in [0.29, 0.717) is 18.0 Å². The van der Waals surface area contributed by atoms with E-state index in [-0.39, 0.29) is 12.8 Å². The summed E-state index contributed by atoms with van der Waals surface area (Å²) in [5.41, 5.74) is 3.43. The van der Waals surface area contributed by atoms with Crippen molar-refractivity contribution in [3.63, 3.8) is 0 Å². The fourth-order valence-corrected chi connectivity index (χ4v) is 2.86. The van der Waals surface area contributed by atoms with Gasteiger partial charge in [-0.05, 0) is 37.6 Å². The summed E-state index contributed by atoms with van der Waals surface area (Å²) in [4.78, 5) is 0. The third-order valence-electron chi connectivity index (χ3n) is 4.18. The van der Waals surface area contributed by atoms with Gasteiger partial charge < -0.3 is 24.3 Å². The molecule has 0 saturated carbocycles. The SMILES string of the molecule is COc1ccc(C)cc1C(C)NCc1cc(OC)c2c(c1)OCO2. The second-order valence-corrected chi connectivity index (χ2v) is 5.88. The average Bonchev–Trinajstić information content (AvgIpc) is 3.07. The van der Waals surface area contributed by atoms with Gasteiger partial charge in [-0.15, -0.1) is 0 Å². The van der Waals surface area contributed by atoms with Gasteiger partial charge in [-0.3, -0.25) is 0 Å². The van der Waals surface area contributed by atoms with Crippen molar-refractivity contribution in [1.82, 2.24) is 5.32 Å². The Kier molecular flexibility index (Phi) is 4.81. The molecule has 2 aromatic rings. The van der Waals surface area contributed by atoms with Crippen LogP contribution in [0.3, 0.4) is 0 Å². The number of nitrogens with one attached hydrogen (secondary N) is 1. The number of ether oxygens (including phenoxy) is 4. The standard InChI is InChI=1S/C19H23NO4/c1-12-5-6-16(21-3)15(7-12)13(2)20-10-14-8-17(22-4)19-18(9-14)23-11-24-19/h5-9,13,20H,10-11H2,1-4H3. The van der Waals surface area contributed by atoms with E-state index in [1.807, 2.05) is 18.2 Å². The minimum atomic E-state index is 0.149. The quantitative estimate of drug-likeness (QED) is 0.877. The lowest BCUT2D eigenvalue weighted by atomic mass is 10.0. The summed E-state index contributed by atoms with van der Waals surface area (Å²) in [6.07, 6.45) is 0. The fourth-order valence-electron chi connectivity index (χ4n) is 2.86. The predicted molar refractivity (Wildman–Crippen MR) is 92.1 cm³/mol. The van der Waals surface area contributed by atoms with Gasteiger partial charge in [0.2, 0.25) is 12.5 Å². The number of hydrogen-bond donors (Lipinski definition) is 1. The summed E-state index contributed by atoms with van der Waals surface area (Å²) >= 11 is 0. The van der Waals surface area contributed by atoms with Crippen molar-refractivity contribution < 1.29 is 18.9 Å². The highest BCUT2D eigenvalue weighted by molar-refractivity contribution is 5.55. The van der Waals surface area contributed by atoms with Crippen molar-refractivity contribution in [2.24, 2.45) is 0 Å². The van der Waals surface area contributed by atoms with Gasteiger partial charge in [0.05, 0.1) is 14.2 Å². The molecule has 24 heavy (non-hydrogen) atoms. The van der Waals surface area contributed by atoms with E-state index in [9.17, 15) is 0 Å². The summed E-state index contributed by atoms with van der Waals surface area (Å²) in [6, 6.07) is 10.3. The third-order valence-corrected chi connectivity index (χ3v) is 4.18. The first kappa shape index (κ1) is 16.5. The number of methoxy groups -OCH3 is 2. The van der Waals surface area contributed by atoms with E-state index in [1.54, 1.807) is 14.2 Å². The second kappa shape index (κ2) is 7.01. The fraction of sp³-hybridized carbons (Fsp3) is 0.368. The van der Waals surface area contributed by atoms with Crippen molar-refractivity contribution in [3.05, 3.63) is 47.0 Å². The molecule has 1 unspecified atom stereocenters. The Bertz CT molecular complexity index is 730. The topological polar surface area (TPSA) is 49.0 Å². The molecule has 5 heteroatoms. The Morgan fingerprint density at radius 3 is 2.62 bits per heavy atom. The summed E-state index contributed by atoms with van der Waals surface area (Å²) in [7, 11) is 3.33. The molecule has 5 nitrogen and oxygen atoms in total. The van der Waals surface area contributed by atoms with Gasteiger partial charge in [-0.2, -0.15) is 0 Å². The molecule has 0 amide bonds. The molecule has 3 rings (SSSR count). The van der Waals surface area contributed by atoms with E-state index < -0.39 is 0 Å². The van der Waals surface area contributed by atoms with E-state index >= 15 is 0 Å². The monoisotopic (exact) mass is 329 g/mol. The van der Waals surface area contributed by atoms with Crippen LogP contribution in [-0.4, -0.2) is 21.0 Å². The normalized spacial score (nSPS) is 13.7. The van der Waals surface area contributed by atoms with Crippen LogP contribution in [0.2, 0.25) is 0 Å². The summed E-state index contributed by atoms with van der Waals surface area (Å²) in [5.74, 6) is 2.99. The van der Waals surface area contributed by atoms with Crippen LogP contribution < -0.4 is 24.3 Å². The van der Waals surface area contributed by atoms with Crippen LogP contribution in [0.4, 0.5) is 0 Å². The largest absolute Gasteiger partial charge is 0.496 e. The molecule has 1 heterocycles. The van der Waals surface area contributed by atoms with Gasteiger partial charge in [-0.25, -0.2) is 0 Å². The maximum absolute atomic E-state index is 5.48. The second-order valence-electron chi connectivity index (χ2n) is 5.88. The molecule has 1 aliphatic rings. The molecule has 0 aliphatic carbocycles. The zero-order chi connectivity index (χ0) is 17.1. The van der Waals surface area contributed by atoms with Crippen LogP contribution in [0.5, 0.6) is 23.0 Å².